The van der Waals surface area contributed by atoms with Crippen LogP contribution in [0.15, 0.2) is 47.5 Å². The first kappa shape index (κ1) is 16.5. The highest BCUT2D eigenvalue weighted by atomic mass is 32.2. The van der Waals surface area contributed by atoms with E-state index in [4.69, 9.17) is 18.0 Å². The van der Waals surface area contributed by atoms with Crippen LogP contribution in [0.4, 0.5) is 0 Å². The maximum atomic E-state index is 12.5. The van der Waals surface area contributed by atoms with E-state index in [9.17, 15) is 8.42 Å². The molecule has 7 nitrogen and oxygen atoms in total. The predicted octanol–water partition coefficient (Wildman–Crippen LogP) is 1.26. The van der Waals surface area contributed by atoms with E-state index in [2.05, 4.69) is 19.9 Å². The van der Waals surface area contributed by atoms with Gasteiger partial charge >= 0.3 is 0 Å². The Labute approximate surface area is 144 Å². The van der Waals surface area contributed by atoms with E-state index < -0.39 is 10.0 Å². The molecule has 124 valence electrons. The minimum Gasteiger partial charge on any atom is -0.393 e. The number of aromatic amines is 1. The van der Waals surface area contributed by atoms with Crippen molar-refractivity contribution in [3.05, 3.63) is 54.0 Å². The van der Waals surface area contributed by atoms with Crippen LogP contribution in [-0.4, -0.2) is 28.6 Å². The van der Waals surface area contributed by atoms with Crippen molar-refractivity contribution in [1.29, 1.82) is 0 Å². The molecule has 0 radical (unpaired) electrons. The third-order valence-corrected chi connectivity index (χ3v) is 4.98. The van der Waals surface area contributed by atoms with E-state index in [0.29, 0.717) is 33.7 Å². The normalized spacial score (nSPS) is 11.7. The van der Waals surface area contributed by atoms with Crippen LogP contribution in [0.25, 0.3) is 10.9 Å². The zero-order valence-electron chi connectivity index (χ0n) is 12.6. The summed E-state index contributed by atoms with van der Waals surface area (Å²) >= 11 is 4.90. The highest BCUT2D eigenvalue weighted by Crippen LogP contribution is 2.21. The Morgan fingerprint density at radius 2 is 2.12 bits per heavy atom. The van der Waals surface area contributed by atoms with Crippen molar-refractivity contribution in [1.82, 2.24) is 19.9 Å². The molecule has 0 atom stereocenters. The van der Waals surface area contributed by atoms with E-state index >= 15 is 0 Å². The summed E-state index contributed by atoms with van der Waals surface area (Å²) in [7, 11) is -3.67. The molecule has 0 aliphatic carbocycles. The Balaban J connectivity index is 1.88. The topological polar surface area (TPSA) is 114 Å². The fourth-order valence-corrected chi connectivity index (χ4v) is 3.44. The molecule has 0 unspecified atom stereocenters. The maximum Gasteiger partial charge on any atom is 0.240 e. The Morgan fingerprint density at radius 3 is 2.83 bits per heavy atom. The zero-order chi connectivity index (χ0) is 17.2. The van der Waals surface area contributed by atoms with Crippen molar-refractivity contribution in [3.63, 3.8) is 0 Å². The third kappa shape index (κ3) is 3.58. The molecule has 4 N–H and O–H groups in total. The second kappa shape index (κ2) is 6.63. The molecular formula is C15H15N5O2S2. The summed E-state index contributed by atoms with van der Waals surface area (Å²) in [6, 6.07) is 10.0. The van der Waals surface area contributed by atoms with Crippen LogP contribution in [0.1, 0.15) is 11.4 Å². The Bertz CT molecular complexity index is 984. The molecule has 2 aromatic heterocycles. The average molecular weight is 361 g/mol. The largest absolute Gasteiger partial charge is 0.393 e. The fraction of sp³-hybridized carbons (Fsp3) is 0.133. The standard InChI is InChI=1S/C15H15N5O2S2/c16-15(23)8-14-12-7-11(4-5-13(12)19-20-14)24(21,22)18-9-10-3-1-2-6-17-10/h1-7,18H,8-9H2,(H2,16,23)(H,19,20). The number of nitrogens with one attached hydrogen (secondary N) is 2. The van der Waals surface area contributed by atoms with Gasteiger partial charge in [0.1, 0.15) is 0 Å². The van der Waals surface area contributed by atoms with Gasteiger partial charge in [0.2, 0.25) is 10.0 Å². The van der Waals surface area contributed by atoms with Gasteiger partial charge in [-0.05, 0) is 30.3 Å². The summed E-state index contributed by atoms with van der Waals surface area (Å²) in [5, 5.41) is 7.65. The SMILES string of the molecule is NC(=S)Cc1[nH]nc2ccc(S(=O)(=O)NCc3ccccn3)cc12. The molecule has 9 heteroatoms. The number of sulfonamides is 1. The molecule has 24 heavy (non-hydrogen) atoms. The first-order valence-corrected chi connectivity index (χ1v) is 9.00. The first-order chi connectivity index (χ1) is 11.5. The minimum absolute atomic E-state index is 0.117. The molecule has 0 amide bonds. The minimum atomic E-state index is -3.67. The Morgan fingerprint density at radius 1 is 1.29 bits per heavy atom. The van der Waals surface area contributed by atoms with E-state index in [-0.39, 0.29) is 11.4 Å². The van der Waals surface area contributed by atoms with Crippen LogP contribution in [-0.2, 0) is 23.0 Å². The maximum absolute atomic E-state index is 12.5. The van der Waals surface area contributed by atoms with E-state index in [1.165, 1.54) is 6.07 Å². The Hall–Kier alpha value is -2.36. The summed E-state index contributed by atoms with van der Waals surface area (Å²) in [4.78, 5) is 4.55. The number of benzene rings is 1. The number of hydrogen-bond acceptors (Lipinski definition) is 5. The van der Waals surface area contributed by atoms with Gasteiger partial charge in [-0.2, -0.15) is 5.10 Å². The summed E-state index contributed by atoms with van der Waals surface area (Å²) < 4.78 is 27.5. The van der Waals surface area contributed by atoms with Crippen LogP contribution < -0.4 is 10.5 Å². The number of thiocarbonyl (C=S) groups is 1. The van der Waals surface area contributed by atoms with Gasteiger partial charge in [-0.15, -0.1) is 0 Å². The van der Waals surface area contributed by atoms with Crippen molar-refractivity contribution in [2.45, 2.75) is 17.9 Å². The van der Waals surface area contributed by atoms with Gasteiger partial charge in [0, 0.05) is 23.7 Å². The Kier molecular flexibility index (Phi) is 4.56. The lowest BCUT2D eigenvalue weighted by atomic mass is 10.2. The first-order valence-electron chi connectivity index (χ1n) is 7.10. The summed E-state index contributed by atoms with van der Waals surface area (Å²) in [5.74, 6) is 0. The zero-order valence-corrected chi connectivity index (χ0v) is 14.2. The van der Waals surface area contributed by atoms with Gasteiger partial charge in [-0.25, -0.2) is 13.1 Å². The monoisotopic (exact) mass is 361 g/mol. The van der Waals surface area contributed by atoms with Gasteiger partial charge < -0.3 is 5.73 Å². The number of rotatable bonds is 6. The van der Waals surface area contributed by atoms with Gasteiger partial charge in [0.15, 0.2) is 0 Å². The van der Waals surface area contributed by atoms with Crippen LogP contribution in [0, 0.1) is 0 Å². The predicted molar refractivity (Wildman–Crippen MR) is 94.8 cm³/mol. The summed E-state index contributed by atoms with van der Waals surface area (Å²) in [6.45, 7) is 0.117. The van der Waals surface area contributed by atoms with Crippen LogP contribution in [0.3, 0.4) is 0 Å². The van der Waals surface area contributed by atoms with Crippen molar-refractivity contribution in [3.8, 4) is 0 Å². The molecule has 0 fully saturated rings. The van der Waals surface area contributed by atoms with E-state index in [1.54, 1.807) is 36.5 Å². The highest BCUT2D eigenvalue weighted by molar-refractivity contribution is 7.89. The fourth-order valence-electron chi connectivity index (χ4n) is 2.27. The molecule has 3 rings (SSSR count). The number of hydrogen-bond donors (Lipinski definition) is 3. The lowest BCUT2D eigenvalue weighted by Gasteiger charge is -2.07. The van der Waals surface area contributed by atoms with E-state index in [0.717, 1.165) is 0 Å². The molecule has 0 saturated carbocycles. The van der Waals surface area contributed by atoms with Crippen molar-refractivity contribution < 1.29 is 8.42 Å². The highest BCUT2D eigenvalue weighted by Gasteiger charge is 2.16. The summed E-state index contributed by atoms with van der Waals surface area (Å²) in [6.07, 6.45) is 1.94. The van der Waals surface area contributed by atoms with Crippen LogP contribution >= 0.6 is 12.2 Å². The number of pyridine rings is 1. The number of H-pyrrole nitrogens is 1. The summed E-state index contributed by atoms with van der Waals surface area (Å²) in [5.41, 5.74) is 7.55. The molecular weight excluding hydrogens is 346 g/mol. The average Bonchev–Trinajstić information content (AvgIpc) is 2.96. The molecule has 2 heterocycles. The van der Waals surface area contributed by atoms with Gasteiger partial charge in [0.25, 0.3) is 0 Å². The molecule has 0 saturated heterocycles. The lowest BCUT2D eigenvalue weighted by molar-refractivity contribution is 0.580. The van der Waals surface area contributed by atoms with Crippen molar-refractivity contribution in [2.75, 3.05) is 0 Å². The molecule has 0 aliphatic rings. The number of nitrogens with zero attached hydrogens (tertiary/aromatic N) is 2. The van der Waals surface area contributed by atoms with Gasteiger partial charge in [-0.3, -0.25) is 10.1 Å². The lowest BCUT2D eigenvalue weighted by Crippen LogP contribution is -2.23. The molecule has 0 aliphatic heterocycles. The number of aromatic nitrogens is 3. The smallest absolute Gasteiger partial charge is 0.240 e. The quantitative estimate of drug-likeness (QED) is 0.570. The number of fused-ring (bicyclic) bond motifs is 1. The second-order valence-corrected chi connectivity index (χ2v) is 7.46. The molecule has 1 aromatic carbocycles. The van der Waals surface area contributed by atoms with E-state index in [1.807, 2.05) is 0 Å². The van der Waals surface area contributed by atoms with Gasteiger partial charge in [-0.1, -0.05) is 18.3 Å². The molecule has 3 aromatic rings. The molecule has 0 spiro atoms. The molecule has 0 bridgehead atoms. The second-order valence-electron chi connectivity index (χ2n) is 5.17. The van der Waals surface area contributed by atoms with Gasteiger partial charge in [0.05, 0.1) is 27.6 Å². The van der Waals surface area contributed by atoms with Crippen molar-refractivity contribution in [2.24, 2.45) is 5.73 Å². The third-order valence-electron chi connectivity index (χ3n) is 3.44. The van der Waals surface area contributed by atoms with Crippen molar-refractivity contribution >= 4 is 38.1 Å². The number of nitrogens with two attached hydrogens (primary N) is 1. The van der Waals surface area contributed by atoms with Crippen LogP contribution in [0.5, 0.6) is 0 Å². The van der Waals surface area contributed by atoms with Crippen LogP contribution in [0.2, 0.25) is 0 Å².